The number of aromatic nitrogens is 1. The first kappa shape index (κ1) is 15.6. The molecule has 2 aromatic rings. The van der Waals surface area contributed by atoms with E-state index < -0.39 is 16.0 Å². The molecule has 0 spiro atoms. The Labute approximate surface area is 130 Å². The van der Waals surface area contributed by atoms with E-state index in [1.165, 1.54) is 13.8 Å². The summed E-state index contributed by atoms with van der Waals surface area (Å²) in [5.74, 6) is -1.19. The molecule has 0 radical (unpaired) electrons. The average molecular weight is 373 g/mol. The highest BCUT2D eigenvalue weighted by molar-refractivity contribution is 9.10. The first-order valence-electron chi connectivity index (χ1n) is 5.93. The molecule has 3 N–H and O–H groups in total. The number of anilines is 1. The minimum absolute atomic E-state index is 0.0391. The molecule has 8 heteroatoms. The Kier molecular flexibility index (Phi) is 4.11. The van der Waals surface area contributed by atoms with E-state index in [4.69, 9.17) is 5.11 Å². The molecule has 0 aliphatic rings. The fourth-order valence-corrected chi connectivity index (χ4v) is 3.85. The Hall–Kier alpha value is -1.80. The number of carbonyl (C=O) groups is 1. The van der Waals surface area contributed by atoms with Gasteiger partial charge in [-0.15, -0.1) is 0 Å². The molecular formula is C13H13BrN2O4S. The number of benzene rings is 1. The maximum Gasteiger partial charge on any atom is 0.352 e. The second kappa shape index (κ2) is 5.53. The summed E-state index contributed by atoms with van der Waals surface area (Å²) in [6.45, 7) is 2.98. The Balaban J connectivity index is 2.45. The number of rotatable bonds is 4. The quantitative estimate of drug-likeness (QED) is 0.767. The van der Waals surface area contributed by atoms with E-state index in [1.54, 1.807) is 24.3 Å². The van der Waals surface area contributed by atoms with Gasteiger partial charge in [0.25, 0.3) is 10.0 Å². The van der Waals surface area contributed by atoms with Crippen molar-refractivity contribution in [2.24, 2.45) is 0 Å². The molecule has 2 rings (SSSR count). The third-order valence-electron chi connectivity index (χ3n) is 2.95. The topological polar surface area (TPSA) is 99.3 Å². The van der Waals surface area contributed by atoms with E-state index in [-0.39, 0.29) is 21.8 Å². The van der Waals surface area contributed by atoms with Crippen molar-refractivity contribution in [3.05, 3.63) is 45.7 Å². The first-order chi connectivity index (χ1) is 9.72. The predicted octanol–water partition coefficient (Wildman–Crippen LogP) is 2.89. The van der Waals surface area contributed by atoms with E-state index >= 15 is 0 Å². The number of nitrogens with one attached hydrogen (secondary N) is 2. The Morgan fingerprint density at radius 1 is 1.24 bits per heavy atom. The number of hydrogen-bond donors (Lipinski definition) is 3. The maximum atomic E-state index is 12.4. The first-order valence-corrected chi connectivity index (χ1v) is 8.21. The van der Waals surface area contributed by atoms with Gasteiger partial charge in [-0.1, -0.05) is 15.9 Å². The number of aromatic amines is 1. The maximum absolute atomic E-state index is 12.4. The van der Waals surface area contributed by atoms with Gasteiger partial charge in [0.15, 0.2) is 0 Å². The van der Waals surface area contributed by atoms with Crippen LogP contribution in [0.4, 0.5) is 5.69 Å². The van der Waals surface area contributed by atoms with Crippen molar-refractivity contribution in [3.8, 4) is 0 Å². The molecule has 0 saturated heterocycles. The summed E-state index contributed by atoms with van der Waals surface area (Å²) in [6.07, 6.45) is 0. The number of H-pyrrole nitrogens is 1. The van der Waals surface area contributed by atoms with Crippen LogP contribution >= 0.6 is 15.9 Å². The molecule has 0 atom stereocenters. The van der Waals surface area contributed by atoms with Crippen LogP contribution in [-0.2, 0) is 10.0 Å². The number of aromatic carboxylic acids is 1. The number of carboxylic acid groups (broad SMARTS) is 1. The molecule has 112 valence electrons. The summed E-state index contributed by atoms with van der Waals surface area (Å²) >= 11 is 3.27. The van der Waals surface area contributed by atoms with Crippen LogP contribution in [0.3, 0.4) is 0 Å². The average Bonchev–Trinajstić information content (AvgIpc) is 2.68. The molecule has 1 aromatic carbocycles. The van der Waals surface area contributed by atoms with Gasteiger partial charge in [-0.3, -0.25) is 4.72 Å². The Morgan fingerprint density at radius 2 is 1.81 bits per heavy atom. The van der Waals surface area contributed by atoms with Crippen LogP contribution < -0.4 is 4.72 Å². The van der Waals surface area contributed by atoms with Crippen LogP contribution in [0.2, 0.25) is 0 Å². The van der Waals surface area contributed by atoms with Gasteiger partial charge >= 0.3 is 5.97 Å². The zero-order valence-corrected chi connectivity index (χ0v) is 13.7. The summed E-state index contributed by atoms with van der Waals surface area (Å²) < 4.78 is 28.1. The van der Waals surface area contributed by atoms with Gasteiger partial charge in [0.05, 0.1) is 0 Å². The molecule has 1 aromatic heterocycles. The predicted molar refractivity (Wildman–Crippen MR) is 82.2 cm³/mol. The smallest absolute Gasteiger partial charge is 0.352 e. The highest BCUT2D eigenvalue weighted by atomic mass is 79.9. The fourth-order valence-electron chi connectivity index (χ4n) is 2.07. The van der Waals surface area contributed by atoms with Gasteiger partial charge in [-0.2, -0.15) is 0 Å². The molecular weight excluding hydrogens is 360 g/mol. The van der Waals surface area contributed by atoms with Crippen LogP contribution in [-0.4, -0.2) is 24.5 Å². The largest absolute Gasteiger partial charge is 0.477 e. The number of carboxylic acids is 1. The molecule has 1 heterocycles. The Bertz CT molecular complexity index is 794. The molecule has 0 aliphatic heterocycles. The number of aryl methyl sites for hydroxylation is 1. The lowest BCUT2D eigenvalue weighted by atomic mass is 10.2. The molecule has 0 aliphatic carbocycles. The van der Waals surface area contributed by atoms with Gasteiger partial charge in [-0.25, -0.2) is 13.2 Å². The van der Waals surface area contributed by atoms with E-state index in [0.29, 0.717) is 5.69 Å². The Morgan fingerprint density at radius 3 is 2.29 bits per heavy atom. The van der Waals surface area contributed by atoms with E-state index in [9.17, 15) is 13.2 Å². The van der Waals surface area contributed by atoms with Crippen LogP contribution in [0.1, 0.15) is 21.7 Å². The van der Waals surface area contributed by atoms with Crippen molar-refractivity contribution in [1.82, 2.24) is 4.98 Å². The van der Waals surface area contributed by atoms with Gasteiger partial charge in [-0.05, 0) is 38.1 Å². The highest BCUT2D eigenvalue weighted by Crippen LogP contribution is 2.26. The van der Waals surface area contributed by atoms with Crippen molar-refractivity contribution in [2.45, 2.75) is 18.7 Å². The number of halogens is 1. The summed E-state index contributed by atoms with van der Waals surface area (Å²) in [6, 6.07) is 6.63. The molecule has 21 heavy (non-hydrogen) atoms. The molecule has 0 saturated carbocycles. The summed E-state index contributed by atoms with van der Waals surface area (Å²) in [7, 11) is -3.86. The molecule has 0 amide bonds. The van der Waals surface area contributed by atoms with Crippen molar-refractivity contribution in [2.75, 3.05) is 4.72 Å². The SMILES string of the molecule is Cc1[nH]c(C(=O)O)c(C)c1S(=O)(=O)Nc1ccc(Br)cc1. The van der Waals surface area contributed by atoms with Crippen LogP contribution in [0.15, 0.2) is 33.6 Å². The number of sulfonamides is 1. The van der Waals surface area contributed by atoms with Gasteiger partial charge < -0.3 is 10.1 Å². The van der Waals surface area contributed by atoms with Crippen LogP contribution in [0.25, 0.3) is 0 Å². The second-order valence-electron chi connectivity index (χ2n) is 4.50. The van der Waals surface area contributed by atoms with Crippen molar-refractivity contribution < 1.29 is 18.3 Å². The second-order valence-corrected chi connectivity index (χ2v) is 7.03. The molecule has 0 unspecified atom stereocenters. The monoisotopic (exact) mass is 372 g/mol. The molecule has 6 nitrogen and oxygen atoms in total. The zero-order chi connectivity index (χ0) is 15.8. The van der Waals surface area contributed by atoms with Crippen LogP contribution in [0.5, 0.6) is 0 Å². The van der Waals surface area contributed by atoms with E-state index in [1.807, 2.05) is 0 Å². The van der Waals surface area contributed by atoms with Crippen LogP contribution in [0, 0.1) is 13.8 Å². The third-order valence-corrected chi connectivity index (χ3v) is 5.13. The lowest BCUT2D eigenvalue weighted by molar-refractivity contribution is 0.0690. The zero-order valence-electron chi connectivity index (χ0n) is 11.3. The summed E-state index contributed by atoms with van der Waals surface area (Å²) in [4.78, 5) is 13.6. The lowest BCUT2D eigenvalue weighted by Gasteiger charge is -2.09. The van der Waals surface area contributed by atoms with Gasteiger partial charge in [0, 0.05) is 21.4 Å². The summed E-state index contributed by atoms with van der Waals surface area (Å²) in [5.41, 5.74) is 0.748. The lowest BCUT2D eigenvalue weighted by Crippen LogP contribution is -2.14. The fraction of sp³-hybridized carbons (Fsp3) is 0.154. The van der Waals surface area contributed by atoms with Gasteiger partial charge in [0.2, 0.25) is 0 Å². The normalized spacial score (nSPS) is 11.4. The van der Waals surface area contributed by atoms with E-state index in [2.05, 4.69) is 25.6 Å². The molecule has 0 bridgehead atoms. The summed E-state index contributed by atoms with van der Waals surface area (Å²) in [5, 5.41) is 9.04. The van der Waals surface area contributed by atoms with E-state index in [0.717, 1.165) is 4.47 Å². The highest BCUT2D eigenvalue weighted by Gasteiger charge is 2.26. The van der Waals surface area contributed by atoms with Crippen molar-refractivity contribution in [1.29, 1.82) is 0 Å². The standard InChI is InChI=1S/C13H13BrN2O4S/c1-7-11(13(17)18)15-8(2)12(7)21(19,20)16-10-5-3-9(14)4-6-10/h3-6,15-16H,1-2H3,(H,17,18). The number of hydrogen-bond acceptors (Lipinski definition) is 3. The van der Waals surface area contributed by atoms with Crippen molar-refractivity contribution in [3.63, 3.8) is 0 Å². The molecule has 0 fully saturated rings. The van der Waals surface area contributed by atoms with Gasteiger partial charge in [0.1, 0.15) is 10.6 Å². The van der Waals surface area contributed by atoms with Crippen molar-refractivity contribution >= 4 is 37.6 Å². The third kappa shape index (κ3) is 3.11. The minimum Gasteiger partial charge on any atom is -0.477 e. The minimum atomic E-state index is -3.86.